The van der Waals surface area contributed by atoms with Gasteiger partial charge in [-0.2, -0.15) is 0 Å². The Bertz CT molecular complexity index is 445. The Balaban J connectivity index is 2.27. The maximum absolute atomic E-state index is 2.55. The summed E-state index contributed by atoms with van der Waals surface area (Å²) >= 11 is -1.36. The predicted octanol–water partition coefficient (Wildman–Crippen LogP) is 5.10. The van der Waals surface area contributed by atoms with E-state index in [0.29, 0.717) is 0 Å². The predicted molar refractivity (Wildman–Crippen MR) is 82.7 cm³/mol. The van der Waals surface area contributed by atoms with E-state index in [2.05, 4.69) is 58.5 Å². The molecule has 2 heteroatoms. The molecule has 0 aromatic heterocycles. The summed E-state index contributed by atoms with van der Waals surface area (Å²) < 4.78 is 5.86. The molecule has 0 heterocycles. The van der Waals surface area contributed by atoms with Gasteiger partial charge in [-0.25, -0.2) is 0 Å². The van der Waals surface area contributed by atoms with Crippen molar-refractivity contribution >= 4 is 11.8 Å². The third-order valence-corrected chi connectivity index (χ3v) is 10.1. The fourth-order valence-electron chi connectivity index (χ4n) is 2.90. The molecular weight excluding hydrogens is 397 g/mol. The molecule has 1 aliphatic rings. The third-order valence-electron chi connectivity index (χ3n) is 3.85. The summed E-state index contributed by atoms with van der Waals surface area (Å²) in [6, 6.07) is 7.12. The van der Waals surface area contributed by atoms with E-state index in [1.165, 1.54) is 37.2 Å². The van der Waals surface area contributed by atoms with Gasteiger partial charge >= 0.3 is 126 Å². The second-order valence-corrected chi connectivity index (χ2v) is 15.7. The number of nitrogens with zero attached hydrogens (tertiary/aromatic N) is 1. The number of anilines is 1. The van der Waals surface area contributed by atoms with Crippen molar-refractivity contribution in [2.45, 2.75) is 39.7 Å². The van der Waals surface area contributed by atoms with Crippen LogP contribution in [0.2, 0.25) is 9.36 Å². The van der Waals surface area contributed by atoms with Gasteiger partial charge in [0.2, 0.25) is 0 Å². The average Bonchev–Trinajstić information content (AvgIpc) is 2.81. The van der Waals surface area contributed by atoms with Gasteiger partial charge < -0.3 is 0 Å². The Morgan fingerprint density at radius 2 is 1.79 bits per heavy atom. The molecule has 1 aromatic rings. The molecule has 0 N–H and O–H groups in total. The fourth-order valence-corrected chi connectivity index (χ4v) is 7.76. The number of hydrogen-bond donors (Lipinski definition) is 0. The van der Waals surface area contributed by atoms with Crippen LogP contribution < -0.4 is 4.90 Å². The first-order valence-electron chi connectivity index (χ1n) is 7.54. The Morgan fingerprint density at radius 1 is 1.11 bits per heavy atom. The van der Waals surface area contributed by atoms with Crippen LogP contribution in [0, 0.1) is 0 Å². The molecule has 1 aromatic carbocycles. The van der Waals surface area contributed by atoms with Gasteiger partial charge in [-0.1, -0.05) is 0 Å². The van der Waals surface area contributed by atoms with E-state index in [1.54, 1.807) is 5.56 Å². The molecule has 103 valence electrons. The van der Waals surface area contributed by atoms with Crippen LogP contribution in [-0.2, 0) is 21.4 Å². The molecular formula is C17H26HfN. The number of hydrogen-bond acceptors (Lipinski definition) is 1. The van der Waals surface area contributed by atoms with Crippen LogP contribution in [0.15, 0.2) is 24.3 Å². The number of rotatable bonds is 6. The van der Waals surface area contributed by atoms with Gasteiger partial charge in [-0.3, -0.25) is 0 Å². The molecule has 2 rings (SSSR count). The van der Waals surface area contributed by atoms with Crippen LogP contribution in [0.1, 0.15) is 41.5 Å². The van der Waals surface area contributed by atoms with E-state index in [-0.39, 0.29) is 0 Å². The van der Waals surface area contributed by atoms with E-state index in [4.69, 9.17) is 0 Å². The zero-order valence-electron chi connectivity index (χ0n) is 12.7. The first-order valence-corrected chi connectivity index (χ1v) is 16.8. The van der Waals surface area contributed by atoms with Crippen molar-refractivity contribution in [2.24, 2.45) is 0 Å². The average molecular weight is 423 g/mol. The molecule has 0 bridgehead atoms. The van der Waals surface area contributed by atoms with Gasteiger partial charge in [0.05, 0.1) is 0 Å². The van der Waals surface area contributed by atoms with E-state index in [1.807, 2.05) is 0 Å². The minimum atomic E-state index is -1.36. The summed E-state index contributed by atoms with van der Waals surface area (Å²) in [6.45, 7) is 6.89. The quantitative estimate of drug-likeness (QED) is 0.577. The monoisotopic (exact) mass is 424 g/mol. The Hall–Kier alpha value is -0.370. The summed E-state index contributed by atoms with van der Waals surface area (Å²) in [7, 11) is 0. The molecule has 0 fully saturated rings. The summed E-state index contributed by atoms with van der Waals surface area (Å²) in [5.74, 6) is 0. The molecule has 1 unspecified atom stereocenters. The van der Waals surface area contributed by atoms with Gasteiger partial charge in [-0.05, 0) is 0 Å². The Morgan fingerprint density at radius 3 is 2.37 bits per heavy atom. The van der Waals surface area contributed by atoms with Crippen molar-refractivity contribution in [1.82, 2.24) is 0 Å². The van der Waals surface area contributed by atoms with E-state index < -0.39 is 21.4 Å². The van der Waals surface area contributed by atoms with Gasteiger partial charge in [0.15, 0.2) is 0 Å². The summed E-state index contributed by atoms with van der Waals surface area (Å²) in [6.07, 6.45) is 7.25. The van der Waals surface area contributed by atoms with Crippen LogP contribution in [0.3, 0.4) is 0 Å². The first-order chi connectivity index (χ1) is 9.17. The summed E-state index contributed by atoms with van der Waals surface area (Å²) in [5.41, 5.74) is 4.51. The topological polar surface area (TPSA) is 3.24 Å². The van der Waals surface area contributed by atoms with E-state index in [0.717, 1.165) is 3.67 Å². The van der Waals surface area contributed by atoms with E-state index in [9.17, 15) is 0 Å². The number of benzene rings is 1. The molecule has 0 aliphatic heterocycles. The molecule has 0 spiro atoms. The molecule has 0 radical (unpaired) electrons. The van der Waals surface area contributed by atoms with Gasteiger partial charge in [0.25, 0.3) is 0 Å². The van der Waals surface area contributed by atoms with Crippen molar-refractivity contribution < 1.29 is 21.4 Å². The van der Waals surface area contributed by atoms with Gasteiger partial charge in [0, 0.05) is 0 Å². The molecule has 0 saturated heterocycles. The van der Waals surface area contributed by atoms with Crippen LogP contribution >= 0.6 is 0 Å². The third kappa shape index (κ3) is 3.39. The second kappa shape index (κ2) is 6.88. The fraction of sp³-hybridized carbons (Fsp3) is 0.529. The molecule has 1 aliphatic carbocycles. The van der Waals surface area contributed by atoms with Crippen molar-refractivity contribution in [3.8, 4) is 0 Å². The Labute approximate surface area is 126 Å². The first kappa shape index (κ1) is 15.0. The molecule has 0 amide bonds. The molecule has 0 saturated carbocycles. The molecule has 1 atom stereocenters. The number of allylic oxidation sites excluding steroid dienone is 1. The minimum absolute atomic E-state index is 0.810. The number of fused-ring (bicyclic) bond motifs is 1. The van der Waals surface area contributed by atoms with E-state index >= 15 is 0 Å². The maximum atomic E-state index is 2.55. The zero-order valence-corrected chi connectivity index (χ0v) is 16.3. The van der Waals surface area contributed by atoms with Crippen molar-refractivity contribution in [3.63, 3.8) is 0 Å². The van der Waals surface area contributed by atoms with Crippen LogP contribution in [0.4, 0.5) is 5.69 Å². The van der Waals surface area contributed by atoms with Crippen LogP contribution in [0.25, 0.3) is 6.08 Å². The van der Waals surface area contributed by atoms with Crippen molar-refractivity contribution in [2.75, 3.05) is 18.0 Å². The summed E-state index contributed by atoms with van der Waals surface area (Å²) in [5, 5.41) is 0. The molecule has 1 nitrogen and oxygen atoms in total. The summed E-state index contributed by atoms with van der Waals surface area (Å²) in [4.78, 5) is 2.55. The standard InChI is InChI=1S/C15H20N.2CH3.Hf/c1-3-10-16(11-4-2)15-9-8-13-6-5-7-14(13)12-15;;;/h5-9,12H,3-4,10-11H2,1-2H3;2*1H3;. The zero-order chi connectivity index (χ0) is 13.8. The van der Waals surface area contributed by atoms with Crippen LogP contribution in [0.5, 0.6) is 0 Å². The van der Waals surface area contributed by atoms with Gasteiger partial charge in [0.1, 0.15) is 0 Å². The second-order valence-electron chi connectivity index (χ2n) is 5.71. The molecule has 19 heavy (non-hydrogen) atoms. The van der Waals surface area contributed by atoms with Crippen molar-refractivity contribution in [3.05, 3.63) is 35.4 Å². The Kier molecular flexibility index (Phi) is 5.44. The van der Waals surface area contributed by atoms with Crippen molar-refractivity contribution in [1.29, 1.82) is 0 Å². The SMILES string of the molecule is CCCN(CCC)c1ccc2c(c1)[CH]([Hf]([CH3])[CH3])C=C2. The van der Waals surface area contributed by atoms with Crippen LogP contribution in [-0.4, -0.2) is 13.1 Å². The van der Waals surface area contributed by atoms with Gasteiger partial charge in [-0.15, -0.1) is 0 Å². The normalized spacial score (nSPS) is 16.5.